The van der Waals surface area contributed by atoms with Crippen LogP contribution in [0.4, 0.5) is 0 Å². The molecule has 0 aliphatic carbocycles. The summed E-state index contributed by atoms with van der Waals surface area (Å²) in [6.45, 7) is 5.28. The number of amides is 1. The number of hydrogen-bond donors (Lipinski definition) is 1. The lowest BCUT2D eigenvalue weighted by molar-refractivity contribution is -0.127. The van der Waals surface area contributed by atoms with Crippen LogP contribution in [0.15, 0.2) is 5.38 Å². The number of rotatable bonds is 5. The van der Waals surface area contributed by atoms with Crippen LogP contribution in [0.5, 0.6) is 0 Å². The molecule has 16 heavy (non-hydrogen) atoms. The second-order valence-electron chi connectivity index (χ2n) is 4.22. The topological polar surface area (TPSA) is 45.2 Å². The van der Waals surface area contributed by atoms with Crippen molar-refractivity contribution in [1.29, 1.82) is 0 Å². The van der Waals surface area contributed by atoms with Gasteiger partial charge in [0.15, 0.2) is 0 Å². The third-order valence-electron chi connectivity index (χ3n) is 2.14. The highest BCUT2D eigenvalue weighted by molar-refractivity contribution is 7.09. The number of nitrogens with one attached hydrogen (secondary N) is 1. The van der Waals surface area contributed by atoms with Crippen molar-refractivity contribution in [3.63, 3.8) is 0 Å². The molecule has 1 amide bonds. The van der Waals surface area contributed by atoms with Crippen molar-refractivity contribution in [2.45, 2.75) is 26.3 Å². The van der Waals surface area contributed by atoms with E-state index in [0.717, 1.165) is 10.7 Å². The van der Waals surface area contributed by atoms with E-state index in [-0.39, 0.29) is 5.91 Å². The molecule has 0 atom stereocenters. The van der Waals surface area contributed by atoms with Gasteiger partial charge in [0.25, 0.3) is 0 Å². The van der Waals surface area contributed by atoms with Crippen LogP contribution in [0.2, 0.25) is 0 Å². The summed E-state index contributed by atoms with van der Waals surface area (Å²) in [5, 5.41) is 6.28. The van der Waals surface area contributed by atoms with Gasteiger partial charge in [-0.1, -0.05) is 13.8 Å². The van der Waals surface area contributed by atoms with Crippen LogP contribution in [0.25, 0.3) is 0 Å². The third-order valence-corrected chi connectivity index (χ3v) is 3.34. The molecule has 4 nitrogen and oxygen atoms in total. The van der Waals surface area contributed by atoms with Gasteiger partial charge in [0.05, 0.1) is 17.2 Å². The highest BCUT2D eigenvalue weighted by atomic mass is 32.1. The molecule has 1 aromatic rings. The predicted molar refractivity (Wildman–Crippen MR) is 66.6 cm³/mol. The lowest BCUT2D eigenvalue weighted by atomic mass is 10.2. The zero-order chi connectivity index (χ0) is 12.1. The summed E-state index contributed by atoms with van der Waals surface area (Å²) in [5.41, 5.74) is 1.01. The monoisotopic (exact) mass is 241 g/mol. The molecule has 0 radical (unpaired) electrons. The first-order valence-electron chi connectivity index (χ1n) is 5.36. The maximum Gasteiger partial charge on any atom is 0.236 e. The average Bonchev–Trinajstić information content (AvgIpc) is 2.66. The summed E-state index contributed by atoms with van der Waals surface area (Å²) in [5.74, 6) is 0.557. The molecule has 0 aliphatic heterocycles. The Labute approximate surface area is 101 Å². The standard InChI is InChI=1S/C11H19N3OS/c1-8(2)11-13-9(7-16-11)5-12-6-10(15)14(3)4/h7-8,12H,5-6H2,1-4H3. The summed E-state index contributed by atoms with van der Waals surface area (Å²) >= 11 is 1.68. The Kier molecular flexibility index (Phi) is 4.89. The van der Waals surface area contributed by atoms with Gasteiger partial charge in [-0.05, 0) is 0 Å². The minimum Gasteiger partial charge on any atom is -0.348 e. The SMILES string of the molecule is CC(C)c1nc(CNCC(=O)N(C)C)cs1. The quantitative estimate of drug-likeness (QED) is 0.848. The molecule has 0 unspecified atom stereocenters. The first-order chi connectivity index (χ1) is 7.50. The Morgan fingerprint density at radius 1 is 1.56 bits per heavy atom. The van der Waals surface area contributed by atoms with Gasteiger partial charge in [0, 0.05) is 31.9 Å². The highest BCUT2D eigenvalue weighted by Crippen LogP contribution is 2.18. The van der Waals surface area contributed by atoms with Crippen molar-refractivity contribution in [3.05, 3.63) is 16.1 Å². The molecule has 5 heteroatoms. The van der Waals surface area contributed by atoms with Gasteiger partial charge in [-0.2, -0.15) is 0 Å². The number of hydrogen-bond acceptors (Lipinski definition) is 4. The Hall–Kier alpha value is -0.940. The molecule has 0 aromatic carbocycles. The molecule has 0 saturated heterocycles. The molecule has 0 spiro atoms. The minimum atomic E-state index is 0.0827. The lowest BCUT2D eigenvalue weighted by Gasteiger charge is -2.10. The predicted octanol–water partition coefficient (Wildman–Crippen LogP) is 1.44. The van der Waals surface area contributed by atoms with Gasteiger partial charge in [-0.25, -0.2) is 4.98 Å². The Balaban J connectivity index is 2.35. The van der Waals surface area contributed by atoms with Gasteiger partial charge < -0.3 is 10.2 Å². The molecule has 1 rings (SSSR count). The number of carbonyl (C=O) groups is 1. The van der Waals surface area contributed by atoms with Crippen LogP contribution >= 0.6 is 11.3 Å². The smallest absolute Gasteiger partial charge is 0.236 e. The Morgan fingerprint density at radius 2 is 2.25 bits per heavy atom. The molecule has 0 aliphatic rings. The van der Waals surface area contributed by atoms with Gasteiger partial charge in [-0.15, -0.1) is 11.3 Å². The van der Waals surface area contributed by atoms with E-state index in [2.05, 4.69) is 24.1 Å². The van der Waals surface area contributed by atoms with E-state index in [1.807, 2.05) is 5.38 Å². The van der Waals surface area contributed by atoms with Gasteiger partial charge >= 0.3 is 0 Å². The van der Waals surface area contributed by atoms with Crippen LogP contribution in [-0.4, -0.2) is 36.4 Å². The molecule has 0 fully saturated rings. The Bertz CT molecular complexity index is 347. The molecule has 0 bridgehead atoms. The second-order valence-corrected chi connectivity index (χ2v) is 5.11. The molecule has 1 aromatic heterocycles. The summed E-state index contributed by atoms with van der Waals surface area (Å²) in [6, 6.07) is 0. The number of nitrogens with zero attached hydrogens (tertiary/aromatic N) is 2. The molecule has 0 saturated carbocycles. The molecule has 1 heterocycles. The van der Waals surface area contributed by atoms with Crippen LogP contribution in [0.1, 0.15) is 30.5 Å². The summed E-state index contributed by atoms with van der Waals surface area (Å²) < 4.78 is 0. The summed E-state index contributed by atoms with van der Waals surface area (Å²) in [6.07, 6.45) is 0. The number of carbonyl (C=O) groups excluding carboxylic acids is 1. The molecular formula is C11H19N3OS. The normalized spacial score (nSPS) is 10.8. The third kappa shape index (κ3) is 3.90. The van der Waals surface area contributed by atoms with Crippen molar-refractivity contribution >= 4 is 17.2 Å². The minimum absolute atomic E-state index is 0.0827. The fourth-order valence-corrected chi connectivity index (χ4v) is 1.96. The van der Waals surface area contributed by atoms with Crippen molar-refractivity contribution < 1.29 is 4.79 Å². The van der Waals surface area contributed by atoms with Crippen molar-refractivity contribution in [1.82, 2.24) is 15.2 Å². The zero-order valence-electron chi connectivity index (χ0n) is 10.3. The van der Waals surface area contributed by atoms with Crippen molar-refractivity contribution in [3.8, 4) is 0 Å². The largest absolute Gasteiger partial charge is 0.348 e. The maximum absolute atomic E-state index is 11.3. The second kappa shape index (κ2) is 5.96. The van der Waals surface area contributed by atoms with Crippen LogP contribution < -0.4 is 5.32 Å². The maximum atomic E-state index is 11.3. The number of likely N-dealkylation sites (N-methyl/N-ethyl adjacent to an activating group) is 1. The highest BCUT2D eigenvalue weighted by Gasteiger charge is 2.06. The fraction of sp³-hybridized carbons (Fsp3) is 0.636. The van der Waals surface area contributed by atoms with E-state index >= 15 is 0 Å². The van der Waals surface area contributed by atoms with E-state index in [1.54, 1.807) is 30.3 Å². The van der Waals surface area contributed by atoms with E-state index in [9.17, 15) is 4.79 Å². The average molecular weight is 241 g/mol. The van der Waals surface area contributed by atoms with Crippen LogP contribution in [0, 0.1) is 0 Å². The first kappa shape index (κ1) is 13.1. The van der Waals surface area contributed by atoms with Crippen LogP contribution in [0.3, 0.4) is 0 Å². The van der Waals surface area contributed by atoms with E-state index in [1.165, 1.54) is 0 Å². The summed E-state index contributed by atoms with van der Waals surface area (Å²) in [7, 11) is 3.51. The van der Waals surface area contributed by atoms with Gasteiger partial charge in [0.2, 0.25) is 5.91 Å². The molecular weight excluding hydrogens is 222 g/mol. The van der Waals surface area contributed by atoms with Gasteiger partial charge in [-0.3, -0.25) is 4.79 Å². The van der Waals surface area contributed by atoms with Crippen molar-refractivity contribution in [2.75, 3.05) is 20.6 Å². The Morgan fingerprint density at radius 3 is 2.75 bits per heavy atom. The first-order valence-corrected chi connectivity index (χ1v) is 6.24. The van der Waals surface area contributed by atoms with E-state index < -0.39 is 0 Å². The zero-order valence-corrected chi connectivity index (χ0v) is 11.1. The van der Waals surface area contributed by atoms with Crippen molar-refractivity contribution in [2.24, 2.45) is 0 Å². The summed E-state index contributed by atoms with van der Waals surface area (Å²) in [4.78, 5) is 17.4. The number of aromatic nitrogens is 1. The van der Waals surface area contributed by atoms with E-state index in [0.29, 0.717) is 19.0 Å². The van der Waals surface area contributed by atoms with Gasteiger partial charge in [0.1, 0.15) is 0 Å². The lowest BCUT2D eigenvalue weighted by Crippen LogP contribution is -2.32. The molecule has 90 valence electrons. The van der Waals surface area contributed by atoms with Crippen LogP contribution in [-0.2, 0) is 11.3 Å². The number of thiazole rings is 1. The fourth-order valence-electron chi connectivity index (χ4n) is 1.12. The molecule has 1 N–H and O–H groups in total. The van der Waals surface area contributed by atoms with E-state index in [4.69, 9.17) is 0 Å².